The number of hydrogen-bond donors (Lipinski definition) is 1. The van der Waals surface area contributed by atoms with Gasteiger partial charge in [0.15, 0.2) is 5.78 Å². The Kier molecular flexibility index (Phi) is 5.76. The summed E-state index contributed by atoms with van der Waals surface area (Å²) in [6.07, 6.45) is 3.59. The van der Waals surface area contributed by atoms with E-state index in [2.05, 4.69) is 10.3 Å². The molecule has 1 aromatic heterocycles. The molecular formula is C21H20FN3O2. The van der Waals surface area contributed by atoms with E-state index in [1.807, 2.05) is 13.1 Å². The molecule has 6 heteroatoms. The molecule has 5 nitrogen and oxygen atoms in total. The van der Waals surface area contributed by atoms with E-state index in [0.29, 0.717) is 17.0 Å². The van der Waals surface area contributed by atoms with Gasteiger partial charge in [-0.15, -0.1) is 0 Å². The molecule has 0 saturated carbocycles. The molecule has 0 radical (unpaired) electrons. The average molecular weight is 365 g/mol. The molecule has 138 valence electrons. The van der Waals surface area contributed by atoms with E-state index in [9.17, 15) is 14.0 Å². The van der Waals surface area contributed by atoms with E-state index < -0.39 is 6.04 Å². The summed E-state index contributed by atoms with van der Waals surface area (Å²) >= 11 is 0. The summed E-state index contributed by atoms with van der Waals surface area (Å²) in [5, 5.41) is 2.91. The highest BCUT2D eigenvalue weighted by Gasteiger charge is 2.21. The van der Waals surface area contributed by atoms with Crippen molar-refractivity contribution in [3.05, 3.63) is 89.8 Å². The number of rotatable bonds is 7. The van der Waals surface area contributed by atoms with Crippen LogP contribution in [0, 0.1) is 5.82 Å². The number of halogens is 1. The lowest BCUT2D eigenvalue weighted by molar-refractivity contribution is -0.121. The zero-order valence-corrected chi connectivity index (χ0v) is 14.9. The molecule has 0 unspecified atom stereocenters. The largest absolute Gasteiger partial charge is 0.342 e. The molecule has 0 aliphatic carbocycles. The summed E-state index contributed by atoms with van der Waals surface area (Å²) in [4.78, 5) is 28.9. The fraction of sp³-hybridized carbons (Fsp3) is 0.190. The number of imidazole rings is 1. The Bertz CT molecular complexity index is 920. The Labute approximate surface area is 156 Å². The third-order valence-corrected chi connectivity index (χ3v) is 4.30. The third kappa shape index (κ3) is 4.67. The van der Waals surface area contributed by atoms with E-state index in [4.69, 9.17) is 0 Å². The van der Waals surface area contributed by atoms with E-state index in [0.717, 1.165) is 0 Å². The molecule has 0 spiro atoms. The number of hydrogen-bond acceptors (Lipinski definition) is 3. The average Bonchev–Trinajstić information content (AvgIpc) is 3.11. The minimum Gasteiger partial charge on any atom is -0.342 e. The van der Waals surface area contributed by atoms with Gasteiger partial charge in [-0.25, -0.2) is 9.37 Å². The first-order valence-electron chi connectivity index (χ1n) is 8.65. The maximum atomic E-state index is 13.3. The van der Waals surface area contributed by atoms with Crippen LogP contribution in [-0.4, -0.2) is 21.2 Å². The maximum absolute atomic E-state index is 13.3. The third-order valence-electron chi connectivity index (χ3n) is 4.30. The number of benzene rings is 2. The highest BCUT2D eigenvalue weighted by atomic mass is 19.1. The van der Waals surface area contributed by atoms with Gasteiger partial charge in [0.25, 0.3) is 0 Å². The van der Waals surface area contributed by atoms with Gasteiger partial charge in [-0.3, -0.25) is 9.59 Å². The van der Waals surface area contributed by atoms with E-state index >= 15 is 0 Å². The minimum absolute atomic E-state index is 0.0653. The molecule has 3 rings (SSSR count). The summed E-state index contributed by atoms with van der Waals surface area (Å²) in [6, 6.07) is 14.3. The van der Waals surface area contributed by atoms with Crippen LogP contribution in [0.25, 0.3) is 0 Å². The second kappa shape index (κ2) is 8.40. The van der Waals surface area contributed by atoms with Crippen molar-refractivity contribution >= 4 is 11.7 Å². The smallest absolute Gasteiger partial charge is 0.221 e. The second-order valence-electron chi connectivity index (χ2n) is 6.24. The van der Waals surface area contributed by atoms with Crippen LogP contribution in [0.3, 0.4) is 0 Å². The lowest BCUT2D eigenvalue weighted by atomic mass is 10.0. The van der Waals surface area contributed by atoms with Gasteiger partial charge < -0.3 is 9.88 Å². The quantitative estimate of drug-likeness (QED) is 0.653. The van der Waals surface area contributed by atoms with Crippen molar-refractivity contribution in [2.45, 2.75) is 18.9 Å². The van der Waals surface area contributed by atoms with Crippen LogP contribution in [0.5, 0.6) is 0 Å². The van der Waals surface area contributed by atoms with Crippen LogP contribution in [0.4, 0.5) is 4.39 Å². The monoisotopic (exact) mass is 365 g/mol. The Morgan fingerprint density at radius 1 is 1.07 bits per heavy atom. The van der Waals surface area contributed by atoms with E-state index in [-0.39, 0.29) is 30.3 Å². The standard InChI is InChI=1S/C21H20FN3O2/c1-25-14-13-23-21(25)20(16-7-9-17(22)10-8-16)24-19(27)12-11-18(26)15-5-3-2-4-6-15/h2-10,13-14,20H,11-12H2,1H3,(H,24,27)/t20-/m1/s1. The van der Waals surface area contributed by atoms with Crippen molar-refractivity contribution in [3.8, 4) is 0 Å². The second-order valence-corrected chi connectivity index (χ2v) is 6.24. The number of nitrogens with zero attached hydrogens (tertiary/aromatic N) is 2. The van der Waals surface area contributed by atoms with Crippen molar-refractivity contribution in [1.82, 2.24) is 14.9 Å². The first-order valence-corrected chi connectivity index (χ1v) is 8.65. The summed E-state index contributed by atoms with van der Waals surface area (Å²) in [5.74, 6) is -0.0702. The van der Waals surface area contributed by atoms with E-state index in [1.54, 1.807) is 53.4 Å². The van der Waals surface area contributed by atoms with Gasteiger partial charge >= 0.3 is 0 Å². The fourth-order valence-electron chi connectivity index (χ4n) is 2.84. The van der Waals surface area contributed by atoms with Crippen molar-refractivity contribution in [2.75, 3.05) is 0 Å². The van der Waals surface area contributed by atoms with Crippen LogP contribution in [0.15, 0.2) is 67.0 Å². The summed E-state index contributed by atoms with van der Waals surface area (Å²) in [7, 11) is 1.82. The molecule has 1 N–H and O–H groups in total. The van der Waals surface area contributed by atoms with Gasteiger partial charge in [-0.2, -0.15) is 0 Å². The molecule has 0 aliphatic heterocycles. The molecule has 3 aromatic rings. The summed E-state index contributed by atoms with van der Waals surface area (Å²) in [5.41, 5.74) is 1.30. The van der Waals surface area contributed by atoms with Crippen molar-refractivity contribution in [2.24, 2.45) is 7.05 Å². The first kappa shape index (κ1) is 18.5. The molecule has 0 bridgehead atoms. The summed E-state index contributed by atoms with van der Waals surface area (Å²) < 4.78 is 15.1. The SMILES string of the molecule is Cn1ccnc1[C@H](NC(=O)CCC(=O)c1ccccc1)c1ccc(F)cc1. The van der Waals surface area contributed by atoms with Crippen LogP contribution >= 0.6 is 0 Å². The van der Waals surface area contributed by atoms with Gasteiger partial charge in [0.2, 0.25) is 5.91 Å². The molecule has 1 atom stereocenters. The van der Waals surface area contributed by atoms with Crippen molar-refractivity contribution in [1.29, 1.82) is 0 Å². The van der Waals surface area contributed by atoms with Gasteiger partial charge in [-0.1, -0.05) is 42.5 Å². The number of aryl methyl sites for hydroxylation is 1. The molecule has 1 amide bonds. The van der Waals surface area contributed by atoms with Gasteiger partial charge in [0, 0.05) is 37.8 Å². The molecular weight excluding hydrogens is 345 g/mol. The first-order chi connectivity index (χ1) is 13.0. The number of Topliss-reactive ketones (excluding diaryl/α,β-unsaturated/α-hetero) is 1. The number of carbonyl (C=O) groups excluding carboxylic acids is 2. The highest BCUT2D eigenvalue weighted by molar-refractivity contribution is 5.97. The maximum Gasteiger partial charge on any atom is 0.221 e. The number of amides is 1. The molecule has 1 heterocycles. The van der Waals surface area contributed by atoms with Crippen LogP contribution in [0.1, 0.15) is 40.6 Å². The molecule has 0 aliphatic rings. The van der Waals surface area contributed by atoms with Crippen LogP contribution in [0.2, 0.25) is 0 Å². The zero-order chi connectivity index (χ0) is 19.2. The van der Waals surface area contributed by atoms with Crippen molar-refractivity contribution < 1.29 is 14.0 Å². The van der Waals surface area contributed by atoms with Gasteiger partial charge in [0.1, 0.15) is 17.7 Å². The number of carbonyl (C=O) groups is 2. The van der Waals surface area contributed by atoms with E-state index in [1.165, 1.54) is 12.1 Å². The number of nitrogens with one attached hydrogen (secondary N) is 1. The fourth-order valence-corrected chi connectivity index (χ4v) is 2.84. The topological polar surface area (TPSA) is 64.0 Å². The Morgan fingerprint density at radius 2 is 1.78 bits per heavy atom. The van der Waals surface area contributed by atoms with Crippen molar-refractivity contribution in [3.63, 3.8) is 0 Å². The lowest BCUT2D eigenvalue weighted by Gasteiger charge is -2.19. The van der Waals surface area contributed by atoms with Gasteiger partial charge in [-0.05, 0) is 17.7 Å². The summed E-state index contributed by atoms with van der Waals surface area (Å²) in [6.45, 7) is 0. The zero-order valence-electron chi connectivity index (χ0n) is 14.9. The normalized spacial score (nSPS) is 11.8. The predicted molar refractivity (Wildman–Crippen MR) is 99.6 cm³/mol. The Morgan fingerprint density at radius 3 is 2.41 bits per heavy atom. The highest BCUT2D eigenvalue weighted by Crippen LogP contribution is 2.21. The van der Waals surface area contributed by atoms with Gasteiger partial charge in [0.05, 0.1) is 0 Å². The molecule has 0 saturated heterocycles. The molecule has 27 heavy (non-hydrogen) atoms. The predicted octanol–water partition coefficient (Wildman–Crippen LogP) is 3.43. The molecule has 2 aromatic carbocycles. The molecule has 0 fully saturated rings. The van der Waals surface area contributed by atoms with Crippen LogP contribution in [-0.2, 0) is 11.8 Å². The minimum atomic E-state index is -0.523. The van der Waals surface area contributed by atoms with Crippen LogP contribution < -0.4 is 5.32 Å². The Hall–Kier alpha value is -3.28. The number of aromatic nitrogens is 2. The number of ketones is 1. The lowest BCUT2D eigenvalue weighted by Crippen LogP contribution is -2.31. The Balaban J connectivity index is 1.70.